The molecular formula is C22H15N5O2S. The number of carbonyl (C=O) groups is 1. The molecule has 1 amide bonds. The van der Waals surface area contributed by atoms with Crippen molar-refractivity contribution in [3.8, 4) is 11.8 Å². The van der Waals surface area contributed by atoms with Crippen LogP contribution in [-0.4, -0.2) is 16.0 Å². The van der Waals surface area contributed by atoms with E-state index in [0.717, 1.165) is 16.7 Å². The van der Waals surface area contributed by atoms with Crippen LogP contribution in [0.15, 0.2) is 70.9 Å². The summed E-state index contributed by atoms with van der Waals surface area (Å²) in [6.07, 6.45) is 0. The second-order valence-corrected chi connectivity index (χ2v) is 7.36. The lowest BCUT2D eigenvalue weighted by Crippen LogP contribution is -2.12. The third-order valence-corrected chi connectivity index (χ3v) is 5.34. The Hall–Kier alpha value is -4.09. The zero-order valence-electron chi connectivity index (χ0n) is 15.8. The maximum atomic E-state index is 13.0. The van der Waals surface area contributed by atoms with Crippen LogP contribution in [0.1, 0.15) is 20.9 Å². The molecular weight excluding hydrogens is 398 g/mol. The number of anilines is 1. The molecule has 0 saturated heterocycles. The van der Waals surface area contributed by atoms with E-state index in [4.69, 9.17) is 5.26 Å². The molecule has 0 unspecified atom stereocenters. The second kappa shape index (κ2) is 8.11. The number of thiazole rings is 1. The summed E-state index contributed by atoms with van der Waals surface area (Å²) in [7, 11) is 0. The third-order valence-electron chi connectivity index (χ3n) is 4.39. The number of aromatic hydroxyl groups is 1. The third kappa shape index (κ3) is 3.74. The number of nitrogens with zero attached hydrogens (tertiary/aromatic N) is 4. The summed E-state index contributed by atoms with van der Waals surface area (Å²) in [4.78, 5) is 17.6. The van der Waals surface area contributed by atoms with Gasteiger partial charge in [0.05, 0.1) is 11.3 Å². The number of para-hydroxylation sites is 1. The summed E-state index contributed by atoms with van der Waals surface area (Å²) < 4.78 is 0. The Labute approximate surface area is 176 Å². The largest absolute Gasteiger partial charge is 0.505 e. The predicted molar refractivity (Wildman–Crippen MR) is 116 cm³/mol. The molecule has 146 valence electrons. The quantitative estimate of drug-likeness (QED) is 0.409. The van der Waals surface area contributed by atoms with Gasteiger partial charge in [0, 0.05) is 5.69 Å². The first-order valence-corrected chi connectivity index (χ1v) is 9.79. The number of fused-ring (bicyclic) bond motifs is 1. The molecule has 8 heteroatoms. The van der Waals surface area contributed by atoms with Gasteiger partial charge >= 0.3 is 0 Å². The van der Waals surface area contributed by atoms with E-state index in [1.807, 2.05) is 36.4 Å². The SMILES string of the molecule is Cc1nc(N=Nc2cc3ccccc3c(C(=O)Nc3ccccc3)c2O)sc1C#N. The van der Waals surface area contributed by atoms with E-state index >= 15 is 0 Å². The molecule has 0 atom stereocenters. The molecule has 0 aliphatic rings. The number of hydrogen-bond acceptors (Lipinski definition) is 7. The molecule has 1 heterocycles. The Morgan fingerprint density at radius 3 is 2.60 bits per heavy atom. The number of amides is 1. The van der Waals surface area contributed by atoms with Crippen LogP contribution in [0.2, 0.25) is 0 Å². The Morgan fingerprint density at radius 2 is 1.87 bits per heavy atom. The summed E-state index contributed by atoms with van der Waals surface area (Å²) in [5.41, 5.74) is 1.43. The van der Waals surface area contributed by atoms with Crippen molar-refractivity contribution in [2.75, 3.05) is 5.32 Å². The van der Waals surface area contributed by atoms with Gasteiger partial charge in [0.25, 0.3) is 5.91 Å². The Kier molecular flexibility index (Phi) is 5.20. The maximum absolute atomic E-state index is 13.0. The van der Waals surface area contributed by atoms with Crippen molar-refractivity contribution in [2.45, 2.75) is 6.92 Å². The molecule has 0 radical (unpaired) electrons. The first-order valence-electron chi connectivity index (χ1n) is 8.97. The molecule has 3 aromatic carbocycles. The van der Waals surface area contributed by atoms with E-state index in [2.05, 4.69) is 20.5 Å². The maximum Gasteiger partial charge on any atom is 0.260 e. The molecule has 4 rings (SSSR count). The fourth-order valence-electron chi connectivity index (χ4n) is 2.97. The van der Waals surface area contributed by atoms with Crippen molar-refractivity contribution < 1.29 is 9.90 Å². The van der Waals surface area contributed by atoms with Crippen molar-refractivity contribution >= 4 is 44.5 Å². The Morgan fingerprint density at radius 1 is 1.13 bits per heavy atom. The number of nitriles is 1. The van der Waals surface area contributed by atoms with E-state index in [-0.39, 0.29) is 17.0 Å². The number of azo groups is 1. The van der Waals surface area contributed by atoms with Gasteiger partial charge in [-0.15, -0.1) is 10.2 Å². The normalized spacial score (nSPS) is 10.9. The smallest absolute Gasteiger partial charge is 0.260 e. The topological polar surface area (TPSA) is 111 Å². The Balaban J connectivity index is 1.78. The van der Waals surface area contributed by atoms with Crippen molar-refractivity contribution in [1.29, 1.82) is 5.26 Å². The molecule has 0 fully saturated rings. The minimum atomic E-state index is -0.455. The monoisotopic (exact) mass is 413 g/mol. The van der Waals surface area contributed by atoms with Gasteiger partial charge in [-0.3, -0.25) is 4.79 Å². The summed E-state index contributed by atoms with van der Waals surface area (Å²) in [5.74, 6) is -0.733. The summed E-state index contributed by atoms with van der Waals surface area (Å²) in [5, 5.41) is 32.5. The van der Waals surface area contributed by atoms with Crippen LogP contribution in [0.4, 0.5) is 16.5 Å². The van der Waals surface area contributed by atoms with Gasteiger partial charge in [-0.1, -0.05) is 53.8 Å². The molecule has 0 aliphatic carbocycles. The number of hydrogen-bond donors (Lipinski definition) is 2. The van der Waals surface area contributed by atoms with Gasteiger partial charge in [-0.05, 0) is 35.9 Å². The highest BCUT2D eigenvalue weighted by molar-refractivity contribution is 7.15. The van der Waals surface area contributed by atoms with Crippen LogP contribution < -0.4 is 5.32 Å². The summed E-state index contributed by atoms with van der Waals surface area (Å²) in [6.45, 7) is 1.72. The zero-order valence-corrected chi connectivity index (χ0v) is 16.6. The minimum absolute atomic E-state index is 0.110. The van der Waals surface area contributed by atoms with Crippen molar-refractivity contribution in [1.82, 2.24) is 4.98 Å². The van der Waals surface area contributed by atoms with Crippen LogP contribution >= 0.6 is 11.3 Å². The lowest BCUT2D eigenvalue weighted by Gasteiger charge is -2.11. The summed E-state index contributed by atoms with van der Waals surface area (Å²) >= 11 is 1.11. The highest BCUT2D eigenvalue weighted by atomic mass is 32.1. The molecule has 2 N–H and O–H groups in total. The first-order chi connectivity index (χ1) is 14.6. The standard InChI is InChI=1S/C22H15N5O2S/c1-13-18(12-23)30-22(24-13)27-26-17-11-14-7-5-6-10-16(14)19(20(17)28)21(29)25-15-8-3-2-4-9-15/h2-11,28H,1H3,(H,25,29). The molecule has 1 aromatic heterocycles. The van der Waals surface area contributed by atoms with E-state index in [9.17, 15) is 9.90 Å². The lowest BCUT2D eigenvalue weighted by molar-refractivity contribution is 0.102. The van der Waals surface area contributed by atoms with Crippen molar-refractivity contribution in [3.63, 3.8) is 0 Å². The van der Waals surface area contributed by atoms with E-state index in [0.29, 0.717) is 26.8 Å². The average molecular weight is 413 g/mol. The van der Waals surface area contributed by atoms with Crippen LogP contribution in [0.3, 0.4) is 0 Å². The average Bonchev–Trinajstić information content (AvgIpc) is 3.12. The predicted octanol–water partition coefficient (Wildman–Crippen LogP) is 5.85. The minimum Gasteiger partial charge on any atom is -0.505 e. The molecule has 0 bridgehead atoms. The second-order valence-electron chi connectivity index (χ2n) is 6.38. The van der Waals surface area contributed by atoms with Gasteiger partial charge in [0.2, 0.25) is 5.13 Å². The molecule has 30 heavy (non-hydrogen) atoms. The van der Waals surface area contributed by atoms with Crippen LogP contribution in [-0.2, 0) is 0 Å². The number of phenols is 1. The highest BCUT2D eigenvalue weighted by Gasteiger charge is 2.19. The zero-order chi connectivity index (χ0) is 21.1. The molecule has 0 spiro atoms. The van der Waals surface area contributed by atoms with Gasteiger partial charge in [-0.2, -0.15) is 5.26 Å². The van der Waals surface area contributed by atoms with Gasteiger partial charge in [-0.25, -0.2) is 4.98 Å². The molecule has 7 nitrogen and oxygen atoms in total. The first kappa shape index (κ1) is 19.2. The Bertz CT molecular complexity index is 1320. The van der Waals surface area contributed by atoms with E-state index < -0.39 is 5.91 Å². The highest BCUT2D eigenvalue weighted by Crippen LogP contribution is 2.38. The molecule has 0 saturated carbocycles. The van der Waals surface area contributed by atoms with E-state index in [1.54, 1.807) is 37.3 Å². The number of carbonyl (C=O) groups excluding carboxylic acids is 1. The molecule has 0 aliphatic heterocycles. The van der Waals surface area contributed by atoms with Crippen molar-refractivity contribution in [3.05, 3.63) is 76.8 Å². The molecule has 4 aromatic rings. The number of nitrogens with one attached hydrogen (secondary N) is 1. The van der Waals surface area contributed by atoms with Crippen molar-refractivity contribution in [2.24, 2.45) is 10.2 Å². The number of rotatable bonds is 4. The van der Waals surface area contributed by atoms with Gasteiger partial charge in [0.15, 0.2) is 5.75 Å². The fraction of sp³-hybridized carbons (Fsp3) is 0.0455. The van der Waals surface area contributed by atoms with E-state index in [1.165, 1.54) is 0 Å². The fourth-order valence-corrected chi connectivity index (χ4v) is 3.65. The van der Waals surface area contributed by atoms with Crippen LogP contribution in [0.25, 0.3) is 10.8 Å². The van der Waals surface area contributed by atoms with Crippen LogP contribution in [0, 0.1) is 18.3 Å². The van der Waals surface area contributed by atoms with Gasteiger partial charge < -0.3 is 10.4 Å². The number of phenolic OH excluding ortho intramolecular Hbond substituents is 1. The number of aryl methyl sites for hydroxylation is 1. The lowest BCUT2D eigenvalue weighted by atomic mass is 10.0. The number of benzene rings is 3. The van der Waals surface area contributed by atoms with Crippen LogP contribution in [0.5, 0.6) is 5.75 Å². The summed E-state index contributed by atoms with van der Waals surface area (Å²) in [6, 6.07) is 19.9. The van der Waals surface area contributed by atoms with Gasteiger partial charge in [0.1, 0.15) is 16.6 Å². The number of aromatic nitrogens is 1.